The van der Waals surface area contributed by atoms with Gasteiger partial charge in [0.2, 0.25) is 0 Å². The molecule has 2 atom stereocenters. The monoisotopic (exact) mass is 523 g/mol. The second kappa shape index (κ2) is 11.1. The van der Waals surface area contributed by atoms with Gasteiger partial charge < -0.3 is 14.5 Å². The lowest BCUT2D eigenvalue weighted by molar-refractivity contribution is -0.137. The van der Waals surface area contributed by atoms with E-state index in [-0.39, 0.29) is 17.7 Å². The van der Waals surface area contributed by atoms with Gasteiger partial charge in [-0.15, -0.1) is 0 Å². The topological polar surface area (TPSA) is 36.0 Å². The predicted octanol–water partition coefficient (Wildman–Crippen LogP) is 5.39. The molecule has 0 aromatic heterocycles. The van der Waals surface area contributed by atoms with E-state index in [1.54, 1.807) is 30.2 Å². The van der Waals surface area contributed by atoms with Crippen molar-refractivity contribution >= 4 is 11.6 Å². The molecule has 200 valence electrons. The number of carbonyl (C=O) groups is 1. The van der Waals surface area contributed by atoms with Crippen molar-refractivity contribution in [2.24, 2.45) is 5.92 Å². The van der Waals surface area contributed by atoms with Crippen LogP contribution in [0.4, 0.5) is 18.9 Å². The predicted molar refractivity (Wildman–Crippen MR) is 142 cm³/mol. The number of methoxy groups -OCH3 is 1. The number of anilines is 1. The number of hydrogen-bond donors (Lipinski definition) is 0. The van der Waals surface area contributed by atoms with Gasteiger partial charge in [-0.1, -0.05) is 42.5 Å². The first-order valence-electron chi connectivity index (χ1n) is 12.9. The van der Waals surface area contributed by atoms with Gasteiger partial charge in [0.05, 0.1) is 12.7 Å². The van der Waals surface area contributed by atoms with Gasteiger partial charge in [-0.25, -0.2) is 0 Å². The SMILES string of the molecule is COc1cccc(N2CCN(C[C@H]3CN(C(=O)c4ccccc4)C[C@H]3c3cccc(C(F)(F)F)c3)CC2)c1. The van der Waals surface area contributed by atoms with Crippen molar-refractivity contribution in [2.45, 2.75) is 12.1 Å². The van der Waals surface area contributed by atoms with Gasteiger partial charge in [0, 0.05) is 69.0 Å². The fourth-order valence-corrected chi connectivity index (χ4v) is 5.64. The molecule has 8 heteroatoms. The number of benzene rings is 3. The van der Waals surface area contributed by atoms with Crippen LogP contribution in [0, 0.1) is 5.92 Å². The summed E-state index contributed by atoms with van der Waals surface area (Å²) in [6.07, 6.45) is -4.40. The van der Waals surface area contributed by atoms with E-state index in [0.29, 0.717) is 24.2 Å². The maximum atomic E-state index is 13.5. The summed E-state index contributed by atoms with van der Waals surface area (Å²) in [5.41, 5.74) is 1.71. The number of halogens is 3. The van der Waals surface area contributed by atoms with Gasteiger partial charge in [0.25, 0.3) is 5.91 Å². The molecular formula is C30H32F3N3O2. The van der Waals surface area contributed by atoms with E-state index in [2.05, 4.69) is 15.9 Å². The highest BCUT2D eigenvalue weighted by atomic mass is 19.4. The number of likely N-dealkylation sites (tertiary alicyclic amines) is 1. The van der Waals surface area contributed by atoms with Crippen LogP contribution in [0.15, 0.2) is 78.9 Å². The van der Waals surface area contributed by atoms with E-state index in [0.717, 1.165) is 50.2 Å². The smallest absolute Gasteiger partial charge is 0.416 e. The third-order valence-corrected chi connectivity index (χ3v) is 7.67. The molecule has 5 nitrogen and oxygen atoms in total. The Kier molecular flexibility index (Phi) is 7.61. The molecule has 5 rings (SSSR count). The van der Waals surface area contributed by atoms with Crippen LogP contribution in [-0.4, -0.2) is 68.6 Å². The van der Waals surface area contributed by atoms with Crippen LogP contribution in [0.25, 0.3) is 0 Å². The summed E-state index contributed by atoms with van der Waals surface area (Å²) in [5, 5.41) is 0. The molecule has 0 saturated carbocycles. The minimum absolute atomic E-state index is 0.0366. The van der Waals surface area contributed by atoms with Crippen molar-refractivity contribution in [1.29, 1.82) is 0 Å². The Balaban J connectivity index is 1.32. The van der Waals surface area contributed by atoms with E-state index in [1.165, 1.54) is 12.1 Å². The highest BCUT2D eigenvalue weighted by molar-refractivity contribution is 5.94. The van der Waals surface area contributed by atoms with Crippen molar-refractivity contribution in [3.05, 3.63) is 95.6 Å². The molecule has 0 aliphatic carbocycles. The molecule has 2 aliphatic rings. The lowest BCUT2D eigenvalue weighted by atomic mass is 9.87. The van der Waals surface area contributed by atoms with Gasteiger partial charge in [0.15, 0.2) is 0 Å². The molecule has 2 saturated heterocycles. The average molecular weight is 524 g/mol. The average Bonchev–Trinajstić information content (AvgIpc) is 3.37. The summed E-state index contributed by atoms with van der Waals surface area (Å²) in [4.78, 5) is 19.8. The maximum absolute atomic E-state index is 13.5. The first-order valence-corrected chi connectivity index (χ1v) is 12.9. The normalized spacial score (nSPS) is 20.5. The minimum atomic E-state index is -4.40. The summed E-state index contributed by atoms with van der Waals surface area (Å²) in [6, 6.07) is 22.7. The Morgan fingerprint density at radius 1 is 0.895 bits per heavy atom. The van der Waals surface area contributed by atoms with Crippen molar-refractivity contribution in [1.82, 2.24) is 9.80 Å². The van der Waals surface area contributed by atoms with E-state index in [4.69, 9.17) is 4.74 Å². The molecule has 0 unspecified atom stereocenters. The summed E-state index contributed by atoms with van der Waals surface area (Å²) in [7, 11) is 1.66. The van der Waals surface area contributed by atoms with Gasteiger partial charge in [0.1, 0.15) is 5.75 Å². The summed E-state index contributed by atoms with van der Waals surface area (Å²) >= 11 is 0. The number of hydrogen-bond acceptors (Lipinski definition) is 4. The fourth-order valence-electron chi connectivity index (χ4n) is 5.64. The van der Waals surface area contributed by atoms with Crippen LogP contribution in [0.2, 0.25) is 0 Å². The standard InChI is InChI=1S/C30H32F3N3O2/c1-38-27-12-6-11-26(18-27)35-15-13-34(14-16-35)19-24-20-36(29(37)22-7-3-2-4-8-22)21-28(24)23-9-5-10-25(17-23)30(31,32)33/h2-12,17-18,24,28H,13-16,19-21H2,1H3/t24-,28-/m0/s1. The number of ether oxygens (including phenoxy) is 1. The van der Waals surface area contributed by atoms with Gasteiger partial charge >= 0.3 is 6.18 Å². The molecular weight excluding hydrogens is 491 g/mol. The molecule has 0 N–H and O–H groups in total. The van der Waals surface area contributed by atoms with E-state index in [1.807, 2.05) is 36.4 Å². The molecule has 2 fully saturated rings. The third kappa shape index (κ3) is 5.80. The van der Waals surface area contributed by atoms with Gasteiger partial charge in [-0.2, -0.15) is 13.2 Å². The van der Waals surface area contributed by atoms with Crippen molar-refractivity contribution in [3.8, 4) is 5.75 Å². The minimum Gasteiger partial charge on any atom is -0.497 e. The lowest BCUT2D eigenvalue weighted by Gasteiger charge is -2.38. The third-order valence-electron chi connectivity index (χ3n) is 7.67. The van der Waals surface area contributed by atoms with Crippen LogP contribution in [0.5, 0.6) is 5.75 Å². The van der Waals surface area contributed by atoms with E-state index >= 15 is 0 Å². The molecule has 38 heavy (non-hydrogen) atoms. The second-order valence-electron chi connectivity index (χ2n) is 10.1. The van der Waals surface area contributed by atoms with Crippen LogP contribution in [-0.2, 0) is 6.18 Å². The van der Waals surface area contributed by atoms with Crippen LogP contribution in [0.3, 0.4) is 0 Å². The molecule has 0 radical (unpaired) electrons. The zero-order valence-electron chi connectivity index (χ0n) is 21.4. The van der Waals surface area contributed by atoms with Crippen LogP contribution in [0.1, 0.15) is 27.4 Å². The molecule has 2 aliphatic heterocycles. The van der Waals surface area contributed by atoms with Gasteiger partial charge in [-0.3, -0.25) is 9.69 Å². The Morgan fingerprint density at radius 3 is 2.34 bits per heavy atom. The molecule has 1 amide bonds. The number of nitrogens with zero attached hydrogens (tertiary/aromatic N) is 3. The highest BCUT2D eigenvalue weighted by Crippen LogP contribution is 2.37. The highest BCUT2D eigenvalue weighted by Gasteiger charge is 2.39. The Bertz CT molecular complexity index is 1240. The quantitative estimate of drug-likeness (QED) is 0.434. The zero-order chi connectivity index (χ0) is 26.7. The summed E-state index contributed by atoms with van der Waals surface area (Å²) in [6.45, 7) is 5.03. The van der Waals surface area contributed by atoms with Crippen LogP contribution < -0.4 is 9.64 Å². The fraction of sp³-hybridized carbons (Fsp3) is 0.367. The first-order chi connectivity index (χ1) is 18.3. The number of rotatable bonds is 6. The summed E-state index contributed by atoms with van der Waals surface area (Å²) < 4.78 is 45.8. The zero-order valence-corrected chi connectivity index (χ0v) is 21.4. The number of amides is 1. The van der Waals surface area contributed by atoms with Gasteiger partial charge in [-0.05, 0) is 41.8 Å². The molecule has 0 bridgehead atoms. The first kappa shape index (κ1) is 26.1. The van der Waals surface area contributed by atoms with Crippen molar-refractivity contribution < 1.29 is 22.7 Å². The lowest BCUT2D eigenvalue weighted by Crippen LogP contribution is -2.48. The molecule has 3 aromatic rings. The Hall–Kier alpha value is -3.52. The summed E-state index contributed by atoms with van der Waals surface area (Å²) in [5.74, 6) is 0.617. The number of carbonyl (C=O) groups excluding carboxylic acids is 1. The number of piperazine rings is 1. The molecule has 2 heterocycles. The number of alkyl halides is 3. The van der Waals surface area contributed by atoms with E-state index in [9.17, 15) is 18.0 Å². The Morgan fingerprint density at radius 2 is 1.63 bits per heavy atom. The largest absolute Gasteiger partial charge is 0.497 e. The second-order valence-corrected chi connectivity index (χ2v) is 10.1. The molecule has 3 aromatic carbocycles. The molecule has 0 spiro atoms. The van der Waals surface area contributed by atoms with Crippen molar-refractivity contribution in [2.75, 3.05) is 57.8 Å². The Labute approximate surface area is 221 Å². The van der Waals surface area contributed by atoms with E-state index < -0.39 is 11.7 Å². The van der Waals surface area contributed by atoms with Crippen LogP contribution >= 0.6 is 0 Å². The van der Waals surface area contributed by atoms with Crippen molar-refractivity contribution in [3.63, 3.8) is 0 Å². The maximum Gasteiger partial charge on any atom is 0.416 e.